The average Bonchev–Trinajstić information content (AvgIpc) is 3.03. The van der Waals surface area contributed by atoms with Gasteiger partial charge in [0.25, 0.3) is 11.8 Å². The van der Waals surface area contributed by atoms with Crippen molar-refractivity contribution in [1.82, 2.24) is 10.6 Å². The first-order valence-corrected chi connectivity index (χ1v) is 14.1. The number of rotatable bonds is 15. The maximum atomic E-state index is 13.4. The molecule has 45 heavy (non-hydrogen) atoms. The van der Waals surface area contributed by atoms with Crippen LogP contribution in [0.25, 0.3) is 0 Å². The van der Waals surface area contributed by atoms with Gasteiger partial charge in [0.2, 0.25) is 11.8 Å². The van der Waals surface area contributed by atoms with E-state index in [9.17, 15) is 24.0 Å². The first-order chi connectivity index (χ1) is 21.6. The summed E-state index contributed by atoms with van der Waals surface area (Å²) < 4.78 is 15.7. The number of unbranched alkanes of at least 4 members (excludes halogenated alkanes) is 1. The Kier molecular flexibility index (Phi) is 12.7. The molecule has 0 heterocycles. The number of hydrogen-bond donors (Lipinski definition) is 5. The molecule has 6 N–H and O–H groups in total. The molecule has 3 aromatic carbocycles. The SMILES string of the molecule is COc1ccc(NC(=O)[C@H](CCCCNC(=O)OCc2ccccc2)NC(=O)c2cc(NC(C)=O)ccc2OC)cc1C(N)=O. The third-order valence-corrected chi connectivity index (χ3v) is 6.52. The molecule has 0 aliphatic rings. The third kappa shape index (κ3) is 10.6. The first kappa shape index (κ1) is 33.9. The number of benzene rings is 3. The van der Waals surface area contributed by atoms with Crippen molar-refractivity contribution in [3.8, 4) is 11.5 Å². The summed E-state index contributed by atoms with van der Waals surface area (Å²) in [6.45, 7) is 1.75. The highest BCUT2D eigenvalue weighted by Gasteiger charge is 2.24. The van der Waals surface area contributed by atoms with E-state index < -0.39 is 29.9 Å². The van der Waals surface area contributed by atoms with E-state index in [-0.39, 0.29) is 53.8 Å². The number of alkyl carbamates (subject to hydrolysis) is 1. The molecule has 0 saturated heterocycles. The van der Waals surface area contributed by atoms with Crippen LogP contribution in [-0.2, 0) is 20.9 Å². The van der Waals surface area contributed by atoms with E-state index in [4.69, 9.17) is 19.9 Å². The fourth-order valence-corrected chi connectivity index (χ4v) is 4.32. The summed E-state index contributed by atoms with van der Waals surface area (Å²) in [4.78, 5) is 62.3. The van der Waals surface area contributed by atoms with Gasteiger partial charge in [-0.15, -0.1) is 0 Å². The van der Waals surface area contributed by atoms with Crippen LogP contribution in [0.1, 0.15) is 52.5 Å². The smallest absolute Gasteiger partial charge is 0.407 e. The molecule has 0 aromatic heterocycles. The van der Waals surface area contributed by atoms with E-state index in [1.165, 1.54) is 51.5 Å². The molecule has 3 rings (SSSR count). The Labute approximate surface area is 260 Å². The Morgan fingerprint density at radius 3 is 2.04 bits per heavy atom. The zero-order valence-corrected chi connectivity index (χ0v) is 25.3. The summed E-state index contributed by atoms with van der Waals surface area (Å²) in [6, 6.07) is 17.2. The molecule has 0 fully saturated rings. The number of ether oxygens (including phenoxy) is 3. The number of amides is 5. The summed E-state index contributed by atoms with van der Waals surface area (Å²) in [7, 11) is 2.78. The number of primary amides is 1. The largest absolute Gasteiger partial charge is 0.496 e. The van der Waals surface area contributed by atoms with Crippen LogP contribution in [-0.4, -0.2) is 56.5 Å². The second-order valence-electron chi connectivity index (χ2n) is 9.88. The first-order valence-electron chi connectivity index (χ1n) is 14.1. The standard InChI is InChI=1S/C32H37N5O8/c1-20(38)35-22-12-15-28(44-3)25(18-22)30(40)37-26(31(41)36-23-13-14-27(43-2)24(17-23)29(33)39)11-7-8-16-34-32(42)45-19-21-9-5-4-6-10-21/h4-6,9-10,12-15,17-18,26H,7-8,11,16,19H2,1-3H3,(H2,33,39)(H,34,42)(H,35,38)(H,36,41)(H,37,40)/t26-/m0/s1. The molecule has 0 saturated carbocycles. The Morgan fingerprint density at radius 1 is 0.800 bits per heavy atom. The minimum Gasteiger partial charge on any atom is -0.496 e. The quantitative estimate of drug-likeness (QED) is 0.160. The van der Waals surface area contributed by atoms with E-state index >= 15 is 0 Å². The van der Waals surface area contributed by atoms with Gasteiger partial charge in [-0.05, 0) is 61.2 Å². The highest BCUT2D eigenvalue weighted by molar-refractivity contribution is 6.04. The lowest BCUT2D eigenvalue weighted by Gasteiger charge is -2.20. The average molecular weight is 620 g/mol. The van der Waals surface area contributed by atoms with Crippen LogP contribution in [0.15, 0.2) is 66.7 Å². The minimum atomic E-state index is -1.03. The molecule has 5 amide bonds. The predicted molar refractivity (Wildman–Crippen MR) is 167 cm³/mol. The van der Waals surface area contributed by atoms with Crippen LogP contribution >= 0.6 is 0 Å². The number of carbonyl (C=O) groups excluding carboxylic acids is 5. The van der Waals surface area contributed by atoms with Crippen molar-refractivity contribution in [3.63, 3.8) is 0 Å². The number of methoxy groups -OCH3 is 2. The summed E-state index contributed by atoms with van der Waals surface area (Å²) >= 11 is 0. The normalized spacial score (nSPS) is 11.0. The predicted octanol–water partition coefficient (Wildman–Crippen LogP) is 3.59. The molecule has 0 spiro atoms. The fourth-order valence-electron chi connectivity index (χ4n) is 4.32. The molecule has 0 aliphatic carbocycles. The molecule has 0 aliphatic heterocycles. The molecule has 1 atom stereocenters. The summed E-state index contributed by atoms with van der Waals surface area (Å²) in [5.74, 6) is -1.76. The van der Waals surface area contributed by atoms with Crippen molar-refractivity contribution in [2.45, 2.75) is 38.8 Å². The monoisotopic (exact) mass is 619 g/mol. The van der Waals surface area contributed by atoms with E-state index in [1.54, 1.807) is 6.07 Å². The Balaban J connectivity index is 1.69. The Hall–Kier alpha value is -5.59. The van der Waals surface area contributed by atoms with Crippen LogP contribution < -0.4 is 36.5 Å². The molecule has 0 radical (unpaired) electrons. The van der Waals surface area contributed by atoms with Crippen molar-refractivity contribution in [3.05, 3.63) is 83.4 Å². The third-order valence-electron chi connectivity index (χ3n) is 6.52. The summed E-state index contributed by atoms with van der Waals surface area (Å²) in [5.41, 5.74) is 7.12. The van der Waals surface area contributed by atoms with Crippen LogP contribution in [0.4, 0.5) is 16.2 Å². The van der Waals surface area contributed by atoms with Crippen molar-refractivity contribution in [1.29, 1.82) is 0 Å². The van der Waals surface area contributed by atoms with Crippen molar-refractivity contribution < 1.29 is 38.2 Å². The molecule has 238 valence electrons. The molecule has 0 bridgehead atoms. The number of nitrogens with one attached hydrogen (secondary N) is 4. The van der Waals surface area contributed by atoms with Crippen molar-refractivity contribution in [2.24, 2.45) is 5.73 Å². The van der Waals surface area contributed by atoms with Gasteiger partial charge in [0.05, 0.1) is 25.3 Å². The minimum absolute atomic E-state index is 0.0700. The van der Waals surface area contributed by atoms with Gasteiger partial charge in [0, 0.05) is 24.8 Å². The van der Waals surface area contributed by atoms with Gasteiger partial charge in [-0.2, -0.15) is 0 Å². The second-order valence-corrected chi connectivity index (χ2v) is 9.88. The molecular formula is C32H37N5O8. The zero-order chi connectivity index (χ0) is 32.8. The zero-order valence-electron chi connectivity index (χ0n) is 25.3. The second kappa shape index (κ2) is 16.9. The summed E-state index contributed by atoms with van der Waals surface area (Å²) in [6.07, 6.45) is 0.549. The Bertz CT molecular complexity index is 1510. The van der Waals surface area contributed by atoms with E-state index in [1.807, 2.05) is 30.3 Å². The van der Waals surface area contributed by atoms with Crippen LogP contribution in [0.3, 0.4) is 0 Å². The van der Waals surface area contributed by atoms with E-state index in [0.717, 1.165) is 5.56 Å². The lowest BCUT2D eigenvalue weighted by Crippen LogP contribution is -2.44. The molecular weight excluding hydrogens is 582 g/mol. The van der Waals surface area contributed by atoms with Gasteiger partial charge in [0.15, 0.2) is 0 Å². The van der Waals surface area contributed by atoms with Crippen molar-refractivity contribution >= 4 is 41.1 Å². The van der Waals surface area contributed by atoms with Gasteiger partial charge < -0.3 is 41.2 Å². The van der Waals surface area contributed by atoms with Gasteiger partial charge in [0.1, 0.15) is 24.1 Å². The molecule has 0 unspecified atom stereocenters. The van der Waals surface area contributed by atoms with Crippen LogP contribution in [0.2, 0.25) is 0 Å². The van der Waals surface area contributed by atoms with Gasteiger partial charge in [-0.3, -0.25) is 19.2 Å². The molecule has 13 heteroatoms. The number of hydrogen-bond acceptors (Lipinski definition) is 8. The van der Waals surface area contributed by atoms with Crippen molar-refractivity contribution in [2.75, 3.05) is 31.4 Å². The molecule has 3 aromatic rings. The highest BCUT2D eigenvalue weighted by atomic mass is 16.5. The van der Waals surface area contributed by atoms with Gasteiger partial charge in [-0.1, -0.05) is 30.3 Å². The lowest BCUT2D eigenvalue weighted by molar-refractivity contribution is -0.118. The van der Waals surface area contributed by atoms with E-state index in [0.29, 0.717) is 18.5 Å². The Morgan fingerprint density at radius 2 is 1.42 bits per heavy atom. The fraction of sp³-hybridized carbons (Fsp3) is 0.281. The van der Waals surface area contributed by atoms with Crippen LogP contribution in [0.5, 0.6) is 11.5 Å². The number of anilines is 2. The molecule has 13 nitrogen and oxygen atoms in total. The maximum absolute atomic E-state index is 13.4. The van der Waals surface area contributed by atoms with Gasteiger partial charge in [-0.25, -0.2) is 4.79 Å². The number of nitrogens with two attached hydrogens (primary N) is 1. The maximum Gasteiger partial charge on any atom is 0.407 e. The summed E-state index contributed by atoms with van der Waals surface area (Å²) in [5, 5.41) is 10.7. The van der Waals surface area contributed by atoms with E-state index in [2.05, 4.69) is 21.3 Å². The number of carbonyl (C=O) groups is 5. The van der Waals surface area contributed by atoms with Crippen LogP contribution in [0, 0.1) is 0 Å². The highest BCUT2D eigenvalue weighted by Crippen LogP contribution is 2.24. The van der Waals surface area contributed by atoms with Gasteiger partial charge >= 0.3 is 6.09 Å². The lowest BCUT2D eigenvalue weighted by atomic mass is 10.1. The topological polar surface area (TPSA) is 187 Å².